The van der Waals surface area contributed by atoms with Gasteiger partial charge in [-0.15, -0.1) is 0 Å². The van der Waals surface area contributed by atoms with Crippen LogP contribution < -0.4 is 0 Å². The lowest BCUT2D eigenvalue weighted by Gasteiger charge is -2.05. The molecule has 0 aliphatic carbocycles. The third kappa shape index (κ3) is 4.02. The quantitative estimate of drug-likeness (QED) is 0.731. The van der Waals surface area contributed by atoms with Crippen LogP contribution in [0.3, 0.4) is 0 Å². The van der Waals surface area contributed by atoms with Gasteiger partial charge in [0.15, 0.2) is 0 Å². The summed E-state index contributed by atoms with van der Waals surface area (Å²) in [5.41, 5.74) is 2.24. The fraction of sp³-hybridized carbons (Fsp3) is 0.417. The van der Waals surface area contributed by atoms with Gasteiger partial charge in [-0.3, -0.25) is 4.79 Å². The molecule has 3 heteroatoms. The SMILES string of the molecule is Cc1cc(O)ccc1CCCCC(=O)O. The normalized spacial score (nSPS) is 10.2. The molecule has 0 bridgehead atoms. The van der Waals surface area contributed by atoms with E-state index in [0.717, 1.165) is 18.4 Å². The molecule has 2 N–H and O–H groups in total. The third-order valence-corrected chi connectivity index (χ3v) is 2.41. The number of phenolic OH excluding ortho intramolecular Hbond substituents is 1. The molecule has 0 heterocycles. The maximum Gasteiger partial charge on any atom is 0.303 e. The van der Waals surface area contributed by atoms with E-state index in [9.17, 15) is 9.90 Å². The van der Waals surface area contributed by atoms with Crippen molar-refractivity contribution in [3.05, 3.63) is 29.3 Å². The van der Waals surface area contributed by atoms with Crippen molar-refractivity contribution in [3.63, 3.8) is 0 Å². The Morgan fingerprint density at radius 2 is 2.07 bits per heavy atom. The van der Waals surface area contributed by atoms with E-state index in [1.807, 2.05) is 13.0 Å². The summed E-state index contributed by atoms with van der Waals surface area (Å²) in [7, 11) is 0. The summed E-state index contributed by atoms with van der Waals surface area (Å²) < 4.78 is 0. The van der Waals surface area contributed by atoms with Gasteiger partial charge < -0.3 is 10.2 Å². The predicted octanol–water partition coefficient (Wildman–Crippen LogP) is 2.50. The number of hydrogen-bond acceptors (Lipinski definition) is 2. The number of hydrogen-bond donors (Lipinski definition) is 2. The summed E-state index contributed by atoms with van der Waals surface area (Å²) in [6.45, 7) is 1.95. The summed E-state index contributed by atoms with van der Waals surface area (Å²) in [4.78, 5) is 10.3. The molecule has 0 radical (unpaired) electrons. The van der Waals surface area contributed by atoms with Crippen LogP contribution in [0.5, 0.6) is 5.75 Å². The highest BCUT2D eigenvalue weighted by Crippen LogP contribution is 2.17. The minimum atomic E-state index is -0.738. The number of phenols is 1. The standard InChI is InChI=1S/C12H16O3/c1-9-8-11(13)7-6-10(9)4-2-3-5-12(14)15/h6-8,13H,2-5H2,1H3,(H,14,15). The van der Waals surface area contributed by atoms with Crippen LogP contribution in [0.15, 0.2) is 18.2 Å². The molecule has 1 aromatic rings. The first-order valence-corrected chi connectivity index (χ1v) is 5.10. The lowest BCUT2D eigenvalue weighted by molar-refractivity contribution is -0.137. The molecule has 0 unspecified atom stereocenters. The van der Waals surface area contributed by atoms with E-state index in [1.54, 1.807) is 12.1 Å². The summed E-state index contributed by atoms with van der Waals surface area (Å²) in [5, 5.41) is 17.7. The van der Waals surface area contributed by atoms with Gasteiger partial charge in [0, 0.05) is 6.42 Å². The number of carboxylic acid groups (broad SMARTS) is 1. The second-order valence-electron chi connectivity index (χ2n) is 3.71. The minimum Gasteiger partial charge on any atom is -0.508 e. The van der Waals surface area contributed by atoms with Crippen molar-refractivity contribution >= 4 is 5.97 Å². The zero-order chi connectivity index (χ0) is 11.3. The van der Waals surface area contributed by atoms with Crippen LogP contribution in [0.1, 0.15) is 30.4 Å². The zero-order valence-electron chi connectivity index (χ0n) is 8.86. The van der Waals surface area contributed by atoms with Crippen molar-refractivity contribution in [1.82, 2.24) is 0 Å². The number of unbranched alkanes of at least 4 members (excludes halogenated alkanes) is 1. The Bertz CT molecular complexity index is 345. The van der Waals surface area contributed by atoms with Gasteiger partial charge in [-0.05, 0) is 49.4 Å². The molecule has 82 valence electrons. The van der Waals surface area contributed by atoms with Crippen LogP contribution in [0.25, 0.3) is 0 Å². The maximum absolute atomic E-state index is 10.3. The van der Waals surface area contributed by atoms with Crippen LogP contribution in [-0.2, 0) is 11.2 Å². The molecule has 0 saturated heterocycles. The zero-order valence-corrected chi connectivity index (χ0v) is 8.86. The molecule has 0 spiro atoms. The number of carboxylic acids is 1. The molecule has 3 nitrogen and oxygen atoms in total. The topological polar surface area (TPSA) is 57.5 Å². The van der Waals surface area contributed by atoms with Crippen LogP contribution in [0.4, 0.5) is 0 Å². The Hall–Kier alpha value is -1.51. The summed E-state index contributed by atoms with van der Waals surface area (Å²) >= 11 is 0. The number of aromatic hydroxyl groups is 1. The number of aliphatic carboxylic acids is 1. The summed E-state index contributed by atoms with van der Waals surface area (Å²) in [6, 6.07) is 5.29. The van der Waals surface area contributed by atoms with Gasteiger partial charge >= 0.3 is 5.97 Å². The van der Waals surface area contributed by atoms with Gasteiger partial charge in [0.1, 0.15) is 5.75 Å². The Morgan fingerprint density at radius 3 is 2.67 bits per heavy atom. The Kier molecular flexibility index (Phi) is 4.16. The molecule has 15 heavy (non-hydrogen) atoms. The van der Waals surface area contributed by atoms with E-state index in [-0.39, 0.29) is 12.2 Å². The average Bonchev–Trinajstić information content (AvgIpc) is 2.14. The van der Waals surface area contributed by atoms with Crippen molar-refractivity contribution in [2.24, 2.45) is 0 Å². The Labute approximate surface area is 89.4 Å². The first-order chi connectivity index (χ1) is 7.09. The molecule has 1 aromatic carbocycles. The van der Waals surface area contributed by atoms with Gasteiger partial charge in [-0.2, -0.15) is 0 Å². The fourth-order valence-electron chi connectivity index (χ4n) is 1.55. The van der Waals surface area contributed by atoms with Gasteiger partial charge in [0.05, 0.1) is 0 Å². The van der Waals surface area contributed by atoms with Crippen LogP contribution in [0, 0.1) is 6.92 Å². The highest BCUT2D eigenvalue weighted by atomic mass is 16.4. The van der Waals surface area contributed by atoms with Gasteiger partial charge in [-0.1, -0.05) is 6.07 Å². The third-order valence-electron chi connectivity index (χ3n) is 2.41. The molecule has 0 fully saturated rings. The van der Waals surface area contributed by atoms with Crippen LogP contribution >= 0.6 is 0 Å². The van der Waals surface area contributed by atoms with E-state index in [0.29, 0.717) is 6.42 Å². The van der Waals surface area contributed by atoms with Crippen molar-refractivity contribution in [3.8, 4) is 5.75 Å². The van der Waals surface area contributed by atoms with E-state index in [2.05, 4.69) is 0 Å². The Balaban J connectivity index is 2.40. The summed E-state index contributed by atoms with van der Waals surface area (Å²) in [5.74, 6) is -0.459. The molecule has 0 saturated carbocycles. The van der Waals surface area contributed by atoms with Crippen LogP contribution in [-0.4, -0.2) is 16.2 Å². The van der Waals surface area contributed by atoms with Gasteiger partial charge in [-0.25, -0.2) is 0 Å². The molecule has 0 amide bonds. The molecule has 0 aliphatic heterocycles. The van der Waals surface area contributed by atoms with Gasteiger partial charge in [0.2, 0.25) is 0 Å². The minimum absolute atomic E-state index is 0.233. The highest BCUT2D eigenvalue weighted by molar-refractivity contribution is 5.66. The number of benzene rings is 1. The lowest BCUT2D eigenvalue weighted by Crippen LogP contribution is -1.95. The maximum atomic E-state index is 10.3. The molecule has 0 atom stereocenters. The molecular formula is C12H16O3. The second kappa shape index (κ2) is 5.39. The average molecular weight is 208 g/mol. The van der Waals surface area contributed by atoms with Crippen molar-refractivity contribution < 1.29 is 15.0 Å². The second-order valence-corrected chi connectivity index (χ2v) is 3.71. The monoisotopic (exact) mass is 208 g/mol. The number of carbonyl (C=O) groups is 1. The first-order valence-electron chi connectivity index (χ1n) is 5.10. The van der Waals surface area contributed by atoms with E-state index < -0.39 is 5.97 Å². The smallest absolute Gasteiger partial charge is 0.303 e. The highest BCUT2D eigenvalue weighted by Gasteiger charge is 2.01. The molecule has 0 aliphatic rings. The van der Waals surface area contributed by atoms with Gasteiger partial charge in [0.25, 0.3) is 0 Å². The number of aryl methyl sites for hydroxylation is 2. The largest absolute Gasteiger partial charge is 0.508 e. The van der Waals surface area contributed by atoms with E-state index in [1.165, 1.54) is 5.56 Å². The van der Waals surface area contributed by atoms with Crippen molar-refractivity contribution in [1.29, 1.82) is 0 Å². The number of rotatable bonds is 5. The van der Waals surface area contributed by atoms with E-state index in [4.69, 9.17) is 5.11 Å². The van der Waals surface area contributed by atoms with E-state index >= 15 is 0 Å². The first kappa shape index (κ1) is 11.6. The van der Waals surface area contributed by atoms with Crippen LogP contribution in [0.2, 0.25) is 0 Å². The predicted molar refractivity (Wildman–Crippen MR) is 58.0 cm³/mol. The van der Waals surface area contributed by atoms with Crippen molar-refractivity contribution in [2.75, 3.05) is 0 Å². The molecule has 0 aromatic heterocycles. The Morgan fingerprint density at radius 1 is 1.33 bits per heavy atom. The molecular weight excluding hydrogens is 192 g/mol. The lowest BCUT2D eigenvalue weighted by atomic mass is 10.0. The summed E-state index contributed by atoms with van der Waals surface area (Å²) in [6.07, 6.45) is 2.68. The fourth-order valence-corrected chi connectivity index (χ4v) is 1.55. The molecule has 1 rings (SSSR count). The van der Waals surface area contributed by atoms with Crippen molar-refractivity contribution in [2.45, 2.75) is 32.6 Å².